The molecular weight excluding hydrogens is 472 g/mol. The average Bonchev–Trinajstić information content (AvgIpc) is 2.84. The molecule has 0 bridgehead atoms. The summed E-state index contributed by atoms with van der Waals surface area (Å²) >= 11 is 0. The van der Waals surface area contributed by atoms with Crippen LogP contribution in [0.2, 0.25) is 43.8 Å². The van der Waals surface area contributed by atoms with Crippen LogP contribution in [-0.4, -0.2) is 54.7 Å². The second-order valence-electron chi connectivity index (χ2n) is 11.3. The number of aliphatic hydroxyl groups excluding tert-OH is 1. The number of aliphatic hydroxyl groups is 1. The molecule has 0 radical (unpaired) electrons. The van der Waals surface area contributed by atoms with E-state index in [0.29, 0.717) is 5.92 Å². The molecule has 1 aromatic rings. The third kappa shape index (κ3) is 11.5. The Morgan fingerprint density at radius 3 is 2.14 bits per heavy atom. The van der Waals surface area contributed by atoms with Gasteiger partial charge in [-0.3, -0.25) is 0 Å². The Morgan fingerprint density at radius 2 is 1.60 bits per heavy atom. The molecule has 7 heteroatoms. The number of ether oxygens (including phenoxy) is 3. The lowest BCUT2D eigenvalue weighted by molar-refractivity contribution is 0.0213. The SMILES string of the molecule is CC[Si](CC)(CC)O[C@@H]([C@@H](C)CO)[C@@H](C)CC[C@H](OC)c1cccc(OCOCC[Si](C)(C)C)c1. The Hall–Kier alpha value is -0.706. The van der Waals surface area contributed by atoms with E-state index in [0.717, 1.165) is 54.9 Å². The number of hydrogen-bond donors (Lipinski definition) is 1. The normalized spacial score (nSPS) is 16.1. The van der Waals surface area contributed by atoms with Crippen molar-refractivity contribution < 1.29 is 23.7 Å². The molecule has 0 aromatic heterocycles. The standard InChI is InChI=1S/C28H54O5Si2/c1-10-35(11-2,12-3)33-28(24(5)21-29)23(4)16-17-27(30-6)25-14-13-15-26(20-25)32-22-31-18-19-34(7,8)9/h13-15,20,23-24,27-29H,10-12,16-19,21-22H2,1-9H3/t23-,24-,27-,28+/m0/s1. The van der Waals surface area contributed by atoms with E-state index in [1.54, 1.807) is 7.11 Å². The van der Waals surface area contributed by atoms with Crippen LogP contribution in [0, 0.1) is 11.8 Å². The molecule has 0 fully saturated rings. The molecule has 0 aliphatic heterocycles. The van der Waals surface area contributed by atoms with Gasteiger partial charge < -0.3 is 23.7 Å². The highest BCUT2D eigenvalue weighted by Gasteiger charge is 2.36. The quantitative estimate of drug-likeness (QED) is 0.115. The van der Waals surface area contributed by atoms with E-state index < -0.39 is 16.4 Å². The number of hydrogen-bond acceptors (Lipinski definition) is 5. The first kappa shape index (κ1) is 32.3. The fraction of sp³-hybridized carbons (Fsp3) is 0.786. The van der Waals surface area contributed by atoms with Gasteiger partial charge in [0.2, 0.25) is 0 Å². The van der Waals surface area contributed by atoms with Crippen molar-refractivity contribution in [2.45, 2.75) is 103 Å². The van der Waals surface area contributed by atoms with Gasteiger partial charge in [-0.2, -0.15) is 0 Å². The summed E-state index contributed by atoms with van der Waals surface area (Å²) in [5.41, 5.74) is 1.12. The van der Waals surface area contributed by atoms with Gasteiger partial charge in [0.15, 0.2) is 15.1 Å². The molecule has 0 saturated heterocycles. The van der Waals surface area contributed by atoms with Crippen LogP contribution in [0.15, 0.2) is 24.3 Å². The summed E-state index contributed by atoms with van der Waals surface area (Å²) in [6.45, 7) is 19.4. The Balaban J connectivity index is 2.76. The van der Waals surface area contributed by atoms with Crippen LogP contribution in [0.3, 0.4) is 0 Å². The summed E-state index contributed by atoms with van der Waals surface area (Å²) in [4.78, 5) is 0. The number of methoxy groups -OCH3 is 1. The molecule has 1 rings (SSSR count). The van der Waals surface area contributed by atoms with Crippen LogP contribution in [0.25, 0.3) is 0 Å². The lowest BCUT2D eigenvalue weighted by Crippen LogP contribution is -2.45. The fourth-order valence-electron chi connectivity index (χ4n) is 4.54. The predicted octanol–water partition coefficient (Wildman–Crippen LogP) is 7.50. The number of benzene rings is 1. The molecule has 0 saturated carbocycles. The Bertz CT molecular complexity index is 682. The highest BCUT2D eigenvalue weighted by Crippen LogP contribution is 2.33. The summed E-state index contributed by atoms with van der Waals surface area (Å²) in [6.07, 6.45) is 1.93. The Morgan fingerprint density at radius 1 is 0.943 bits per heavy atom. The van der Waals surface area contributed by atoms with Crippen molar-refractivity contribution in [2.75, 3.05) is 27.1 Å². The van der Waals surface area contributed by atoms with Crippen molar-refractivity contribution in [2.24, 2.45) is 11.8 Å². The van der Waals surface area contributed by atoms with Crippen molar-refractivity contribution in [3.05, 3.63) is 29.8 Å². The van der Waals surface area contributed by atoms with E-state index in [4.69, 9.17) is 18.6 Å². The molecule has 35 heavy (non-hydrogen) atoms. The molecule has 0 aliphatic rings. The van der Waals surface area contributed by atoms with Gasteiger partial charge in [-0.25, -0.2) is 0 Å². The summed E-state index contributed by atoms with van der Waals surface area (Å²) < 4.78 is 24.3. The number of rotatable bonds is 19. The van der Waals surface area contributed by atoms with Gasteiger partial charge in [0.05, 0.1) is 12.2 Å². The molecule has 4 atom stereocenters. The molecule has 1 aromatic carbocycles. The second kappa shape index (κ2) is 16.2. The topological polar surface area (TPSA) is 57.2 Å². The maximum atomic E-state index is 9.93. The first-order chi connectivity index (χ1) is 16.5. The maximum Gasteiger partial charge on any atom is 0.192 e. The maximum absolute atomic E-state index is 9.93. The molecule has 0 amide bonds. The Kier molecular flexibility index (Phi) is 15.0. The van der Waals surface area contributed by atoms with E-state index in [-0.39, 0.29) is 31.5 Å². The highest BCUT2D eigenvalue weighted by molar-refractivity contribution is 6.76. The second-order valence-corrected chi connectivity index (χ2v) is 21.7. The fourth-order valence-corrected chi connectivity index (χ4v) is 8.34. The lowest BCUT2D eigenvalue weighted by Gasteiger charge is -2.39. The van der Waals surface area contributed by atoms with Gasteiger partial charge in [-0.1, -0.05) is 66.4 Å². The molecule has 204 valence electrons. The zero-order chi connectivity index (χ0) is 26.5. The zero-order valence-corrected chi connectivity index (χ0v) is 26.1. The molecule has 0 unspecified atom stereocenters. The van der Waals surface area contributed by atoms with Crippen LogP contribution >= 0.6 is 0 Å². The largest absolute Gasteiger partial charge is 0.468 e. The Labute approximate surface area is 218 Å². The summed E-state index contributed by atoms with van der Waals surface area (Å²) in [6, 6.07) is 12.7. The highest BCUT2D eigenvalue weighted by atomic mass is 28.4. The van der Waals surface area contributed by atoms with Gasteiger partial charge in [-0.15, -0.1) is 0 Å². The van der Waals surface area contributed by atoms with Crippen LogP contribution in [0.1, 0.15) is 59.1 Å². The molecule has 0 heterocycles. The van der Waals surface area contributed by atoms with Crippen LogP contribution in [-0.2, 0) is 13.9 Å². The smallest absolute Gasteiger partial charge is 0.192 e. The monoisotopic (exact) mass is 526 g/mol. The van der Waals surface area contributed by atoms with Crippen molar-refractivity contribution in [1.29, 1.82) is 0 Å². The van der Waals surface area contributed by atoms with Crippen LogP contribution < -0.4 is 4.74 Å². The predicted molar refractivity (Wildman–Crippen MR) is 153 cm³/mol. The van der Waals surface area contributed by atoms with E-state index in [1.165, 1.54) is 0 Å². The van der Waals surface area contributed by atoms with Gasteiger partial charge in [0.1, 0.15) is 5.75 Å². The minimum Gasteiger partial charge on any atom is -0.468 e. The van der Waals surface area contributed by atoms with Crippen LogP contribution in [0.4, 0.5) is 0 Å². The van der Waals surface area contributed by atoms with Crippen molar-refractivity contribution in [1.82, 2.24) is 0 Å². The lowest BCUT2D eigenvalue weighted by atomic mass is 9.89. The van der Waals surface area contributed by atoms with Gasteiger partial charge in [-0.05, 0) is 60.6 Å². The summed E-state index contributed by atoms with van der Waals surface area (Å²) in [5, 5.41) is 9.93. The van der Waals surface area contributed by atoms with E-state index in [2.05, 4.69) is 66.4 Å². The molecule has 0 aliphatic carbocycles. The first-order valence-corrected chi connectivity index (χ1v) is 19.9. The summed E-state index contributed by atoms with van der Waals surface area (Å²) in [5.74, 6) is 1.27. The third-order valence-electron chi connectivity index (χ3n) is 7.43. The van der Waals surface area contributed by atoms with E-state index in [9.17, 15) is 5.11 Å². The van der Waals surface area contributed by atoms with Gasteiger partial charge >= 0.3 is 0 Å². The molecule has 0 spiro atoms. The van der Waals surface area contributed by atoms with Gasteiger partial charge in [0, 0.05) is 34.3 Å². The zero-order valence-electron chi connectivity index (χ0n) is 24.1. The minimum absolute atomic E-state index is 0.00980. The van der Waals surface area contributed by atoms with Crippen molar-refractivity contribution >= 4 is 16.4 Å². The molecular formula is C28H54O5Si2. The first-order valence-electron chi connectivity index (χ1n) is 13.7. The minimum atomic E-state index is -1.76. The molecule has 1 N–H and O–H groups in total. The van der Waals surface area contributed by atoms with Crippen molar-refractivity contribution in [3.63, 3.8) is 0 Å². The van der Waals surface area contributed by atoms with Crippen molar-refractivity contribution in [3.8, 4) is 5.75 Å². The summed E-state index contributed by atoms with van der Waals surface area (Å²) in [7, 11) is -1.07. The third-order valence-corrected chi connectivity index (χ3v) is 13.8. The van der Waals surface area contributed by atoms with Gasteiger partial charge in [0.25, 0.3) is 0 Å². The van der Waals surface area contributed by atoms with E-state index >= 15 is 0 Å². The van der Waals surface area contributed by atoms with E-state index in [1.807, 2.05) is 12.1 Å². The molecule has 5 nitrogen and oxygen atoms in total. The van der Waals surface area contributed by atoms with Crippen LogP contribution in [0.5, 0.6) is 5.75 Å². The average molecular weight is 527 g/mol.